The van der Waals surface area contributed by atoms with E-state index in [4.69, 9.17) is 0 Å². The SMILES string of the molecule is CC(=O)NCC1(F)CCN(c2ncncc2F)CC1. The largest absolute Gasteiger partial charge is 0.354 e. The maximum absolute atomic E-state index is 14.4. The van der Waals surface area contributed by atoms with Gasteiger partial charge in [-0.05, 0) is 0 Å². The number of amides is 1. The van der Waals surface area contributed by atoms with E-state index in [1.807, 2.05) is 0 Å². The summed E-state index contributed by atoms with van der Waals surface area (Å²) < 4.78 is 27.9. The van der Waals surface area contributed by atoms with Gasteiger partial charge in [0.05, 0.1) is 12.7 Å². The summed E-state index contributed by atoms with van der Waals surface area (Å²) in [4.78, 5) is 20.0. The van der Waals surface area contributed by atoms with Gasteiger partial charge >= 0.3 is 0 Å². The minimum Gasteiger partial charge on any atom is -0.354 e. The lowest BCUT2D eigenvalue weighted by Crippen LogP contribution is -2.48. The van der Waals surface area contributed by atoms with Crippen molar-refractivity contribution in [3.63, 3.8) is 0 Å². The summed E-state index contributed by atoms with van der Waals surface area (Å²) in [6.07, 6.45) is 2.83. The van der Waals surface area contributed by atoms with Crippen molar-refractivity contribution < 1.29 is 13.6 Å². The lowest BCUT2D eigenvalue weighted by molar-refractivity contribution is -0.119. The van der Waals surface area contributed by atoms with Crippen LogP contribution in [0.5, 0.6) is 0 Å². The number of halogens is 2. The van der Waals surface area contributed by atoms with Crippen molar-refractivity contribution in [2.24, 2.45) is 0 Å². The molecule has 1 aliphatic heterocycles. The van der Waals surface area contributed by atoms with Gasteiger partial charge < -0.3 is 10.2 Å². The first-order valence-electron chi connectivity index (χ1n) is 6.14. The number of rotatable bonds is 3. The zero-order chi connectivity index (χ0) is 13.9. The van der Waals surface area contributed by atoms with Gasteiger partial charge in [-0.3, -0.25) is 4.79 Å². The molecule has 0 spiro atoms. The fourth-order valence-corrected chi connectivity index (χ4v) is 2.12. The Morgan fingerprint density at radius 3 is 2.79 bits per heavy atom. The van der Waals surface area contributed by atoms with Gasteiger partial charge in [-0.2, -0.15) is 0 Å². The van der Waals surface area contributed by atoms with Crippen molar-refractivity contribution >= 4 is 11.7 Å². The van der Waals surface area contributed by atoms with Crippen molar-refractivity contribution in [3.05, 3.63) is 18.3 Å². The maximum atomic E-state index is 14.4. The second-order valence-electron chi connectivity index (χ2n) is 4.74. The molecule has 0 unspecified atom stereocenters. The van der Waals surface area contributed by atoms with Crippen LogP contribution in [-0.2, 0) is 4.79 Å². The summed E-state index contributed by atoms with van der Waals surface area (Å²) >= 11 is 0. The van der Waals surface area contributed by atoms with E-state index in [2.05, 4.69) is 15.3 Å². The zero-order valence-corrected chi connectivity index (χ0v) is 10.7. The molecule has 0 saturated carbocycles. The number of aromatic nitrogens is 2. The second-order valence-corrected chi connectivity index (χ2v) is 4.74. The van der Waals surface area contributed by atoms with E-state index >= 15 is 0 Å². The fraction of sp³-hybridized carbons (Fsp3) is 0.583. The topological polar surface area (TPSA) is 58.1 Å². The quantitative estimate of drug-likeness (QED) is 0.892. The maximum Gasteiger partial charge on any atom is 0.216 e. The molecular weight excluding hydrogens is 254 g/mol. The highest BCUT2D eigenvalue weighted by Gasteiger charge is 2.35. The number of nitrogens with one attached hydrogen (secondary N) is 1. The van der Waals surface area contributed by atoms with E-state index in [9.17, 15) is 13.6 Å². The lowest BCUT2D eigenvalue weighted by atomic mass is 9.93. The summed E-state index contributed by atoms with van der Waals surface area (Å²) in [5, 5.41) is 2.49. The molecule has 19 heavy (non-hydrogen) atoms. The molecule has 1 aromatic heterocycles. The Bertz CT molecular complexity index is 461. The molecule has 1 amide bonds. The van der Waals surface area contributed by atoms with Crippen LogP contribution in [0, 0.1) is 5.82 Å². The Balaban J connectivity index is 1.95. The van der Waals surface area contributed by atoms with Crippen LogP contribution in [0.4, 0.5) is 14.6 Å². The molecule has 0 aliphatic carbocycles. The van der Waals surface area contributed by atoms with E-state index in [-0.39, 0.29) is 31.1 Å². The van der Waals surface area contributed by atoms with E-state index < -0.39 is 11.5 Å². The van der Waals surface area contributed by atoms with Gasteiger partial charge in [0, 0.05) is 32.9 Å². The van der Waals surface area contributed by atoms with Crippen LogP contribution >= 0.6 is 0 Å². The number of carbonyl (C=O) groups excluding carboxylic acids is 1. The third kappa shape index (κ3) is 3.36. The summed E-state index contributed by atoms with van der Waals surface area (Å²) in [5.41, 5.74) is -1.42. The van der Waals surface area contributed by atoms with Crippen molar-refractivity contribution in [1.29, 1.82) is 0 Å². The highest BCUT2D eigenvalue weighted by molar-refractivity contribution is 5.72. The minimum atomic E-state index is -1.42. The fourth-order valence-electron chi connectivity index (χ4n) is 2.12. The van der Waals surface area contributed by atoms with E-state index in [0.717, 1.165) is 6.20 Å². The van der Waals surface area contributed by atoms with Gasteiger partial charge in [-0.15, -0.1) is 0 Å². The van der Waals surface area contributed by atoms with Gasteiger partial charge in [-0.25, -0.2) is 18.7 Å². The van der Waals surface area contributed by atoms with Gasteiger partial charge in [0.25, 0.3) is 0 Å². The lowest BCUT2D eigenvalue weighted by Gasteiger charge is -2.36. The van der Waals surface area contributed by atoms with Crippen LogP contribution in [0.1, 0.15) is 19.8 Å². The molecule has 2 rings (SSSR count). The number of hydrogen-bond acceptors (Lipinski definition) is 4. The predicted molar refractivity (Wildman–Crippen MR) is 66.0 cm³/mol. The molecular formula is C12H16F2N4O. The normalized spacial score (nSPS) is 18.2. The van der Waals surface area contributed by atoms with Crippen molar-refractivity contribution in [2.45, 2.75) is 25.4 Å². The number of piperidine rings is 1. The number of carbonyl (C=O) groups is 1. The molecule has 104 valence electrons. The van der Waals surface area contributed by atoms with Crippen LogP contribution in [0.15, 0.2) is 12.5 Å². The number of nitrogens with zero attached hydrogens (tertiary/aromatic N) is 3. The van der Waals surface area contributed by atoms with Crippen LogP contribution in [0.3, 0.4) is 0 Å². The molecule has 5 nitrogen and oxygen atoms in total. The number of alkyl halides is 1. The molecule has 1 saturated heterocycles. The van der Waals surface area contributed by atoms with Gasteiger partial charge in [0.1, 0.15) is 12.0 Å². The highest BCUT2D eigenvalue weighted by Crippen LogP contribution is 2.28. The highest BCUT2D eigenvalue weighted by atomic mass is 19.1. The molecule has 0 atom stereocenters. The van der Waals surface area contributed by atoms with Gasteiger partial charge in [-0.1, -0.05) is 0 Å². The summed E-state index contributed by atoms with van der Waals surface area (Å²) in [7, 11) is 0. The second kappa shape index (κ2) is 5.46. The molecule has 0 radical (unpaired) electrons. The smallest absolute Gasteiger partial charge is 0.216 e. The van der Waals surface area contributed by atoms with Crippen LogP contribution in [0.2, 0.25) is 0 Å². The summed E-state index contributed by atoms with van der Waals surface area (Å²) in [6.45, 7) is 2.09. The Morgan fingerprint density at radius 2 is 2.21 bits per heavy atom. The molecule has 0 bridgehead atoms. The molecule has 1 N–H and O–H groups in total. The van der Waals surface area contributed by atoms with E-state index in [1.54, 1.807) is 4.90 Å². The zero-order valence-electron chi connectivity index (χ0n) is 10.7. The van der Waals surface area contributed by atoms with Crippen molar-refractivity contribution in [3.8, 4) is 0 Å². The molecule has 7 heteroatoms. The third-order valence-corrected chi connectivity index (χ3v) is 3.26. The molecule has 2 heterocycles. The van der Waals surface area contributed by atoms with Crippen LogP contribution < -0.4 is 10.2 Å². The van der Waals surface area contributed by atoms with Crippen molar-refractivity contribution in [1.82, 2.24) is 15.3 Å². The standard InChI is InChI=1S/C12H16F2N4O/c1-9(19)16-7-12(14)2-4-18(5-3-12)11-10(13)6-15-8-17-11/h6,8H,2-5,7H2,1H3,(H,16,19). The Morgan fingerprint density at radius 1 is 1.53 bits per heavy atom. The Kier molecular flexibility index (Phi) is 3.92. The van der Waals surface area contributed by atoms with Gasteiger partial charge in [0.2, 0.25) is 5.91 Å². The minimum absolute atomic E-state index is 0.00241. The van der Waals surface area contributed by atoms with E-state index in [1.165, 1.54) is 13.3 Å². The van der Waals surface area contributed by atoms with E-state index in [0.29, 0.717) is 13.1 Å². The summed E-state index contributed by atoms with van der Waals surface area (Å²) in [6, 6.07) is 0. The molecule has 0 aromatic carbocycles. The average molecular weight is 270 g/mol. The number of anilines is 1. The average Bonchev–Trinajstić information content (AvgIpc) is 2.39. The third-order valence-electron chi connectivity index (χ3n) is 3.26. The Hall–Kier alpha value is -1.79. The molecule has 1 aromatic rings. The van der Waals surface area contributed by atoms with Crippen molar-refractivity contribution in [2.75, 3.05) is 24.5 Å². The first kappa shape index (κ1) is 13.6. The first-order chi connectivity index (χ1) is 9.00. The molecule has 1 fully saturated rings. The Labute approximate surface area is 110 Å². The molecule has 1 aliphatic rings. The summed E-state index contributed by atoms with van der Waals surface area (Å²) in [5.74, 6) is -0.548. The predicted octanol–water partition coefficient (Wildman–Crippen LogP) is 1.06. The monoisotopic (exact) mass is 270 g/mol. The first-order valence-corrected chi connectivity index (χ1v) is 6.14. The van der Waals surface area contributed by atoms with Gasteiger partial charge in [0.15, 0.2) is 11.6 Å². The van der Waals surface area contributed by atoms with Crippen LogP contribution in [-0.4, -0.2) is 41.2 Å². The van der Waals surface area contributed by atoms with Crippen LogP contribution in [0.25, 0.3) is 0 Å². The number of hydrogen-bond donors (Lipinski definition) is 1.